The monoisotopic (exact) mass is 271 g/mol. The van der Waals surface area contributed by atoms with Gasteiger partial charge in [-0.05, 0) is 45.6 Å². The molecule has 0 fully saturated rings. The Hall–Kier alpha value is -0.870. The molecule has 2 N–H and O–H groups in total. The van der Waals surface area contributed by atoms with Crippen molar-refractivity contribution < 1.29 is 4.39 Å². The molecule has 1 aromatic carbocycles. The van der Waals surface area contributed by atoms with Crippen molar-refractivity contribution in [2.24, 2.45) is 0 Å². The van der Waals surface area contributed by atoms with E-state index in [0.717, 1.165) is 9.35 Å². The van der Waals surface area contributed by atoms with Crippen LogP contribution in [0.15, 0.2) is 34.1 Å². The Morgan fingerprint density at radius 2 is 2.07 bits per heavy atom. The Labute approximate surface area is 93.5 Å². The van der Waals surface area contributed by atoms with Crippen LogP contribution in [0.25, 0.3) is 10.4 Å². The van der Waals surface area contributed by atoms with Crippen molar-refractivity contribution in [1.29, 1.82) is 0 Å². The molecule has 2 rings (SSSR count). The van der Waals surface area contributed by atoms with Gasteiger partial charge >= 0.3 is 0 Å². The Morgan fingerprint density at radius 3 is 2.71 bits per heavy atom. The normalized spacial score (nSPS) is 10.4. The van der Waals surface area contributed by atoms with Gasteiger partial charge in [-0.3, -0.25) is 0 Å². The summed E-state index contributed by atoms with van der Waals surface area (Å²) in [7, 11) is 0. The highest BCUT2D eigenvalue weighted by molar-refractivity contribution is 9.10. The van der Waals surface area contributed by atoms with E-state index in [4.69, 9.17) is 5.73 Å². The van der Waals surface area contributed by atoms with Crippen LogP contribution in [0.3, 0.4) is 0 Å². The molecule has 0 radical (unpaired) electrons. The number of rotatable bonds is 1. The topological polar surface area (TPSA) is 26.0 Å². The standard InChI is InChI=1S/C10H7BrFNS/c11-8-3-4-14-10(8)7-5-6(13)1-2-9(7)12/h1-5H,13H2. The molecule has 0 saturated carbocycles. The first-order chi connectivity index (χ1) is 6.68. The number of nitrogens with two attached hydrogens (primary N) is 1. The largest absolute Gasteiger partial charge is 0.399 e. The zero-order valence-corrected chi connectivity index (χ0v) is 9.53. The second-order valence-electron chi connectivity index (χ2n) is 2.84. The summed E-state index contributed by atoms with van der Waals surface area (Å²) < 4.78 is 14.3. The lowest BCUT2D eigenvalue weighted by atomic mass is 10.1. The molecule has 1 nitrogen and oxygen atoms in total. The predicted octanol–water partition coefficient (Wildman–Crippen LogP) is 3.90. The van der Waals surface area contributed by atoms with Gasteiger partial charge in [-0.25, -0.2) is 4.39 Å². The van der Waals surface area contributed by atoms with Crippen molar-refractivity contribution in [3.8, 4) is 10.4 Å². The fourth-order valence-electron chi connectivity index (χ4n) is 1.20. The van der Waals surface area contributed by atoms with Gasteiger partial charge in [0.15, 0.2) is 0 Å². The first kappa shape index (κ1) is 9.68. The van der Waals surface area contributed by atoms with Crippen molar-refractivity contribution in [2.45, 2.75) is 0 Å². The van der Waals surface area contributed by atoms with Crippen LogP contribution in [0.1, 0.15) is 0 Å². The van der Waals surface area contributed by atoms with Crippen LogP contribution >= 0.6 is 27.3 Å². The van der Waals surface area contributed by atoms with Gasteiger partial charge < -0.3 is 5.73 Å². The van der Waals surface area contributed by atoms with Crippen molar-refractivity contribution in [3.63, 3.8) is 0 Å². The number of hydrogen-bond acceptors (Lipinski definition) is 2. The van der Waals surface area contributed by atoms with E-state index in [-0.39, 0.29) is 5.82 Å². The van der Waals surface area contributed by atoms with Gasteiger partial charge in [-0.2, -0.15) is 0 Å². The average Bonchev–Trinajstić information content (AvgIpc) is 2.56. The molecule has 0 aliphatic heterocycles. The zero-order valence-electron chi connectivity index (χ0n) is 7.13. The number of halogens is 2. The summed E-state index contributed by atoms with van der Waals surface area (Å²) in [5.41, 5.74) is 6.73. The fourth-order valence-corrected chi connectivity index (χ4v) is 2.81. The fraction of sp³-hybridized carbons (Fsp3) is 0. The summed E-state index contributed by atoms with van der Waals surface area (Å²) in [6.45, 7) is 0. The molecule has 0 saturated heterocycles. The summed E-state index contributed by atoms with van der Waals surface area (Å²) in [6, 6.07) is 6.48. The number of hydrogen-bond donors (Lipinski definition) is 1. The van der Waals surface area contributed by atoms with Gasteiger partial charge in [-0.1, -0.05) is 0 Å². The molecule has 0 atom stereocenters. The molecule has 1 aromatic heterocycles. The number of benzene rings is 1. The van der Waals surface area contributed by atoms with E-state index in [2.05, 4.69) is 15.9 Å². The predicted molar refractivity (Wildman–Crippen MR) is 61.8 cm³/mol. The average molecular weight is 272 g/mol. The lowest BCUT2D eigenvalue weighted by Gasteiger charge is -2.02. The molecule has 1 heterocycles. The van der Waals surface area contributed by atoms with Crippen LogP contribution in [0.2, 0.25) is 0 Å². The molecule has 0 aliphatic carbocycles. The van der Waals surface area contributed by atoms with Crippen molar-refractivity contribution in [2.75, 3.05) is 5.73 Å². The summed E-state index contributed by atoms with van der Waals surface area (Å²) in [6.07, 6.45) is 0. The maximum absolute atomic E-state index is 13.4. The maximum atomic E-state index is 13.4. The molecule has 0 spiro atoms. The van der Waals surface area contributed by atoms with E-state index < -0.39 is 0 Å². The minimum Gasteiger partial charge on any atom is -0.399 e. The third-order valence-electron chi connectivity index (χ3n) is 1.85. The van der Waals surface area contributed by atoms with E-state index in [1.807, 2.05) is 11.4 Å². The smallest absolute Gasteiger partial charge is 0.132 e. The van der Waals surface area contributed by atoms with Gasteiger partial charge in [0, 0.05) is 15.7 Å². The minimum atomic E-state index is -0.248. The van der Waals surface area contributed by atoms with Crippen LogP contribution in [-0.2, 0) is 0 Å². The molecule has 4 heteroatoms. The Morgan fingerprint density at radius 1 is 1.29 bits per heavy atom. The molecule has 72 valence electrons. The van der Waals surface area contributed by atoms with Crippen molar-refractivity contribution >= 4 is 33.0 Å². The lowest BCUT2D eigenvalue weighted by molar-refractivity contribution is 0.632. The van der Waals surface area contributed by atoms with Gasteiger partial charge in [0.25, 0.3) is 0 Å². The Kier molecular flexibility index (Phi) is 2.56. The molecule has 0 bridgehead atoms. The van der Waals surface area contributed by atoms with E-state index >= 15 is 0 Å². The summed E-state index contributed by atoms with van der Waals surface area (Å²) in [4.78, 5) is 0.870. The molecule has 14 heavy (non-hydrogen) atoms. The third kappa shape index (κ3) is 1.67. The van der Waals surface area contributed by atoms with E-state index in [0.29, 0.717) is 11.3 Å². The van der Waals surface area contributed by atoms with Crippen molar-refractivity contribution in [3.05, 3.63) is 39.9 Å². The molecular weight excluding hydrogens is 265 g/mol. The number of nitrogen functional groups attached to an aromatic ring is 1. The van der Waals surface area contributed by atoms with Crippen LogP contribution < -0.4 is 5.73 Å². The first-order valence-electron chi connectivity index (χ1n) is 3.97. The second-order valence-corrected chi connectivity index (χ2v) is 4.61. The first-order valence-corrected chi connectivity index (χ1v) is 5.64. The van der Waals surface area contributed by atoms with Crippen molar-refractivity contribution in [1.82, 2.24) is 0 Å². The molecule has 0 amide bonds. The third-order valence-corrected chi connectivity index (χ3v) is 3.72. The van der Waals surface area contributed by atoms with Crippen LogP contribution in [0.5, 0.6) is 0 Å². The van der Waals surface area contributed by atoms with Crippen LogP contribution in [0.4, 0.5) is 10.1 Å². The number of anilines is 1. The van der Waals surface area contributed by atoms with Crippen LogP contribution in [0, 0.1) is 5.82 Å². The summed E-state index contributed by atoms with van der Waals surface area (Å²) in [5, 5.41) is 1.90. The Bertz CT molecular complexity index is 467. The quantitative estimate of drug-likeness (QED) is 0.783. The molecule has 0 aliphatic rings. The molecule has 2 aromatic rings. The van der Waals surface area contributed by atoms with E-state index in [9.17, 15) is 4.39 Å². The van der Waals surface area contributed by atoms with Gasteiger partial charge in [0.05, 0.1) is 4.88 Å². The number of thiophene rings is 1. The zero-order chi connectivity index (χ0) is 10.1. The van der Waals surface area contributed by atoms with E-state index in [1.54, 1.807) is 12.1 Å². The molecule has 0 unspecified atom stereocenters. The minimum absolute atomic E-state index is 0.248. The SMILES string of the molecule is Nc1ccc(F)c(-c2sccc2Br)c1. The highest BCUT2D eigenvalue weighted by Gasteiger charge is 2.09. The second kappa shape index (κ2) is 3.71. The van der Waals surface area contributed by atoms with Gasteiger partial charge in [0.2, 0.25) is 0 Å². The highest BCUT2D eigenvalue weighted by atomic mass is 79.9. The maximum Gasteiger partial charge on any atom is 0.132 e. The highest BCUT2D eigenvalue weighted by Crippen LogP contribution is 2.35. The Balaban J connectivity index is 2.62. The summed E-state index contributed by atoms with van der Waals surface area (Å²) >= 11 is 4.85. The summed E-state index contributed by atoms with van der Waals surface area (Å²) in [5.74, 6) is -0.248. The van der Waals surface area contributed by atoms with Crippen LogP contribution in [-0.4, -0.2) is 0 Å². The molecular formula is C10H7BrFNS. The van der Waals surface area contributed by atoms with Gasteiger partial charge in [-0.15, -0.1) is 11.3 Å². The van der Waals surface area contributed by atoms with E-state index in [1.165, 1.54) is 17.4 Å². The van der Waals surface area contributed by atoms with Gasteiger partial charge in [0.1, 0.15) is 5.82 Å². The lowest BCUT2D eigenvalue weighted by Crippen LogP contribution is -1.88.